The maximum Gasteiger partial charge on any atom is 0.242 e. The summed E-state index contributed by atoms with van der Waals surface area (Å²) in [6.07, 6.45) is 3.45. The number of nitrogens with zero attached hydrogens (tertiary/aromatic N) is 2. The molecule has 3 aliphatic rings. The highest BCUT2D eigenvalue weighted by atomic mass is 16.2. The van der Waals surface area contributed by atoms with Crippen molar-refractivity contribution in [1.82, 2.24) is 20.7 Å². The molecule has 2 saturated heterocycles. The standard InChI is InChI=1S/C19H26N4O2/c1-20-18(24)14-7-8-15-17(11-14)22(12-13-5-3-2-4-6-13)19(25)16-9-10-21-23(15)16/h2-6,14-17,21H,7-12H2,1H3,(H,20,24). The number of rotatable bonds is 3. The topological polar surface area (TPSA) is 64.7 Å². The lowest BCUT2D eigenvalue weighted by Gasteiger charge is -2.51. The third-order valence-corrected chi connectivity index (χ3v) is 5.97. The van der Waals surface area contributed by atoms with E-state index in [1.165, 1.54) is 0 Å². The summed E-state index contributed by atoms with van der Waals surface area (Å²) in [6, 6.07) is 10.5. The summed E-state index contributed by atoms with van der Waals surface area (Å²) in [7, 11) is 1.69. The monoisotopic (exact) mass is 342 g/mol. The van der Waals surface area contributed by atoms with Gasteiger partial charge in [-0.1, -0.05) is 30.3 Å². The summed E-state index contributed by atoms with van der Waals surface area (Å²) < 4.78 is 0. The number of hydrazine groups is 1. The summed E-state index contributed by atoms with van der Waals surface area (Å²) in [5, 5.41) is 4.97. The first kappa shape index (κ1) is 16.5. The second kappa shape index (κ2) is 6.77. The Hall–Kier alpha value is -1.92. The number of nitrogens with one attached hydrogen (secondary N) is 2. The van der Waals surface area contributed by atoms with Crippen LogP contribution in [0.3, 0.4) is 0 Å². The lowest BCUT2D eigenvalue weighted by molar-refractivity contribution is -0.157. The normalized spacial score (nSPS) is 32.2. The molecule has 4 atom stereocenters. The minimum Gasteiger partial charge on any atom is -0.359 e. The molecule has 4 unspecified atom stereocenters. The fourth-order valence-electron chi connectivity index (χ4n) is 4.73. The fourth-order valence-corrected chi connectivity index (χ4v) is 4.73. The summed E-state index contributed by atoms with van der Waals surface area (Å²) in [4.78, 5) is 27.4. The van der Waals surface area contributed by atoms with Gasteiger partial charge in [0.05, 0.1) is 0 Å². The van der Waals surface area contributed by atoms with Crippen molar-refractivity contribution in [2.75, 3.05) is 13.6 Å². The Morgan fingerprint density at radius 2 is 2.00 bits per heavy atom. The van der Waals surface area contributed by atoms with Gasteiger partial charge in [-0.2, -0.15) is 0 Å². The molecule has 6 heteroatoms. The van der Waals surface area contributed by atoms with E-state index in [0.717, 1.165) is 37.8 Å². The molecule has 0 spiro atoms. The van der Waals surface area contributed by atoms with E-state index in [2.05, 4.69) is 27.9 Å². The molecule has 1 aromatic rings. The van der Waals surface area contributed by atoms with Gasteiger partial charge in [-0.3, -0.25) is 15.0 Å². The van der Waals surface area contributed by atoms with Crippen LogP contribution in [0.15, 0.2) is 30.3 Å². The smallest absolute Gasteiger partial charge is 0.242 e. The van der Waals surface area contributed by atoms with E-state index in [9.17, 15) is 9.59 Å². The molecule has 1 aromatic carbocycles. The molecule has 4 rings (SSSR count). The predicted molar refractivity (Wildman–Crippen MR) is 94.2 cm³/mol. The maximum atomic E-state index is 13.2. The van der Waals surface area contributed by atoms with E-state index in [1.807, 2.05) is 23.1 Å². The Balaban J connectivity index is 1.62. The van der Waals surface area contributed by atoms with Crippen LogP contribution in [0.4, 0.5) is 0 Å². The van der Waals surface area contributed by atoms with Gasteiger partial charge in [0.1, 0.15) is 6.04 Å². The first-order valence-electron chi connectivity index (χ1n) is 9.27. The zero-order valence-corrected chi connectivity index (χ0v) is 14.6. The Morgan fingerprint density at radius 1 is 1.20 bits per heavy atom. The summed E-state index contributed by atoms with van der Waals surface area (Å²) in [5.41, 5.74) is 4.57. The number of amides is 2. The molecule has 134 valence electrons. The lowest BCUT2D eigenvalue weighted by Crippen LogP contribution is -2.68. The molecule has 2 N–H and O–H groups in total. The van der Waals surface area contributed by atoms with Crippen LogP contribution in [0.1, 0.15) is 31.2 Å². The second-order valence-corrected chi connectivity index (χ2v) is 7.33. The van der Waals surface area contributed by atoms with Gasteiger partial charge in [0.15, 0.2) is 0 Å². The number of carbonyl (C=O) groups is 2. The van der Waals surface area contributed by atoms with Crippen molar-refractivity contribution in [1.29, 1.82) is 0 Å². The molecule has 2 heterocycles. The Labute approximate surface area is 148 Å². The molecular weight excluding hydrogens is 316 g/mol. The van der Waals surface area contributed by atoms with Crippen molar-refractivity contribution in [2.24, 2.45) is 5.92 Å². The predicted octanol–water partition coefficient (Wildman–Crippen LogP) is 0.891. The van der Waals surface area contributed by atoms with E-state index in [1.54, 1.807) is 7.05 Å². The third kappa shape index (κ3) is 2.93. The molecule has 2 aliphatic heterocycles. The van der Waals surface area contributed by atoms with Gasteiger partial charge in [0.2, 0.25) is 11.8 Å². The highest BCUT2D eigenvalue weighted by molar-refractivity contribution is 5.84. The van der Waals surface area contributed by atoms with Crippen molar-refractivity contribution in [3.05, 3.63) is 35.9 Å². The second-order valence-electron chi connectivity index (χ2n) is 7.33. The Morgan fingerprint density at radius 3 is 2.76 bits per heavy atom. The minimum atomic E-state index is -0.0542. The highest BCUT2D eigenvalue weighted by Gasteiger charge is 2.51. The molecule has 25 heavy (non-hydrogen) atoms. The van der Waals surface area contributed by atoms with Gasteiger partial charge < -0.3 is 10.2 Å². The van der Waals surface area contributed by atoms with Crippen molar-refractivity contribution in [3.8, 4) is 0 Å². The van der Waals surface area contributed by atoms with Gasteiger partial charge in [0, 0.05) is 38.1 Å². The number of hydrogen-bond acceptors (Lipinski definition) is 4. The SMILES string of the molecule is CNC(=O)C1CCC2C(C1)N(Cc1ccccc1)C(=O)C1CCNN12. The summed E-state index contributed by atoms with van der Waals surface area (Å²) >= 11 is 0. The van der Waals surface area contributed by atoms with Crippen LogP contribution in [0.25, 0.3) is 0 Å². The Bertz CT molecular complexity index is 650. The molecule has 0 bridgehead atoms. The molecule has 2 amide bonds. The summed E-state index contributed by atoms with van der Waals surface area (Å²) in [5.74, 6) is 0.297. The van der Waals surface area contributed by atoms with Crippen LogP contribution in [0.5, 0.6) is 0 Å². The largest absolute Gasteiger partial charge is 0.359 e. The Kier molecular flexibility index (Phi) is 4.48. The molecule has 6 nitrogen and oxygen atoms in total. The third-order valence-electron chi connectivity index (χ3n) is 5.97. The van der Waals surface area contributed by atoms with Crippen LogP contribution in [-0.2, 0) is 16.1 Å². The van der Waals surface area contributed by atoms with Crippen molar-refractivity contribution in [2.45, 2.75) is 50.4 Å². The molecule has 0 radical (unpaired) electrons. The molecular formula is C19H26N4O2. The van der Waals surface area contributed by atoms with Crippen molar-refractivity contribution < 1.29 is 9.59 Å². The summed E-state index contributed by atoms with van der Waals surface area (Å²) in [6.45, 7) is 1.49. The van der Waals surface area contributed by atoms with E-state index in [-0.39, 0.29) is 29.8 Å². The van der Waals surface area contributed by atoms with Crippen molar-refractivity contribution in [3.63, 3.8) is 0 Å². The number of hydrogen-bond donors (Lipinski definition) is 2. The highest BCUT2D eigenvalue weighted by Crippen LogP contribution is 2.38. The van der Waals surface area contributed by atoms with Crippen LogP contribution in [0.2, 0.25) is 0 Å². The molecule has 1 aliphatic carbocycles. The number of benzene rings is 1. The van der Waals surface area contributed by atoms with Gasteiger partial charge in [-0.15, -0.1) is 0 Å². The van der Waals surface area contributed by atoms with Crippen LogP contribution >= 0.6 is 0 Å². The number of fused-ring (bicyclic) bond motifs is 3. The van der Waals surface area contributed by atoms with Crippen LogP contribution in [0, 0.1) is 5.92 Å². The average Bonchev–Trinajstić information content (AvgIpc) is 3.15. The van der Waals surface area contributed by atoms with Gasteiger partial charge in [0.25, 0.3) is 0 Å². The first-order chi connectivity index (χ1) is 12.2. The van der Waals surface area contributed by atoms with Crippen LogP contribution in [-0.4, -0.2) is 53.4 Å². The first-order valence-corrected chi connectivity index (χ1v) is 9.27. The van der Waals surface area contributed by atoms with Crippen molar-refractivity contribution >= 4 is 11.8 Å². The van der Waals surface area contributed by atoms with E-state index in [0.29, 0.717) is 12.6 Å². The molecule has 1 saturated carbocycles. The zero-order chi connectivity index (χ0) is 17.4. The van der Waals surface area contributed by atoms with Gasteiger partial charge in [-0.05, 0) is 31.2 Å². The molecule has 0 aromatic heterocycles. The van der Waals surface area contributed by atoms with Gasteiger partial charge >= 0.3 is 0 Å². The van der Waals surface area contributed by atoms with E-state index >= 15 is 0 Å². The van der Waals surface area contributed by atoms with Crippen LogP contribution < -0.4 is 10.7 Å². The minimum absolute atomic E-state index is 0.00326. The van der Waals surface area contributed by atoms with Gasteiger partial charge in [-0.25, -0.2) is 5.01 Å². The van der Waals surface area contributed by atoms with E-state index < -0.39 is 0 Å². The van der Waals surface area contributed by atoms with E-state index in [4.69, 9.17) is 0 Å². The lowest BCUT2D eigenvalue weighted by atomic mass is 9.78. The molecule has 3 fully saturated rings. The number of carbonyl (C=O) groups excluding carboxylic acids is 2. The maximum absolute atomic E-state index is 13.2. The zero-order valence-electron chi connectivity index (χ0n) is 14.6. The average molecular weight is 342 g/mol. The quantitative estimate of drug-likeness (QED) is 0.856. The number of piperazine rings is 1. The fraction of sp³-hybridized carbons (Fsp3) is 0.579.